The minimum absolute atomic E-state index is 0.293. The van der Waals surface area contributed by atoms with Crippen LogP contribution < -0.4 is 4.74 Å². The molecule has 1 aromatic heterocycles. The van der Waals surface area contributed by atoms with E-state index in [1.807, 2.05) is 60.7 Å². The van der Waals surface area contributed by atoms with Crippen LogP contribution in [0.3, 0.4) is 0 Å². The Morgan fingerprint density at radius 3 is 2.52 bits per heavy atom. The average molecular weight is 381 g/mol. The Balaban J connectivity index is 1.61. The molecule has 0 aliphatic carbocycles. The summed E-state index contributed by atoms with van der Waals surface area (Å²) in [5, 5.41) is 17.4. The van der Waals surface area contributed by atoms with Gasteiger partial charge >= 0.3 is 0 Å². The molecule has 0 N–H and O–H groups in total. The van der Waals surface area contributed by atoms with E-state index in [0.29, 0.717) is 23.6 Å². The van der Waals surface area contributed by atoms with E-state index in [-0.39, 0.29) is 0 Å². The number of hydrogen-bond acceptors (Lipinski definition) is 4. The van der Waals surface area contributed by atoms with E-state index >= 15 is 0 Å². The second-order valence-corrected chi connectivity index (χ2v) is 6.44. The monoisotopic (exact) mass is 381 g/mol. The molecule has 4 nitrogen and oxygen atoms in total. The van der Waals surface area contributed by atoms with Gasteiger partial charge < -0.3 is 4.74 Å². The van der Waals surface area contributed by atoms with Crippen molar-refractivity contribution in [3.63, 3.8) is 0 Å². The molecule has 0 bridgehead atoms. The van der Waals surface area contributed by atoms with Crippen LogP contribution in [0, 0.1) is 17.1 Å². The molecule has 0 spiro atoms. The zero-order valence-electron chi connectivity index (χ0n) is 15.4. The lowest BCUT2D eigenvalue weighted by molar-refractivity contribution is 0.290. The maximum Gasteiger partial charge on any atom is 0.234 e. The van der Waals surface area contributed by atoms with Gasteiger partial charge in [0.2, 0.25) is 5.88 Å². The third kappa shape index (κ3) is 4.28. The quantitative estimate of drug-likeness (QED) is 0.464. The van der Waals surface area contributed by atoms with Gasteiger partial charge in [-0.2, -0.15) is 10.4 Å². The predicted octanol–water partition coefficient (Wildman–Crippen LogP) is 5.40. The zero-order chi connectivity index (χ0) is 20.1. The van der Waals surface area contributed by atoms with E-state index < -0.39 is 5.82 Å². The first-order valence-electron chi connectivity index (χ1n) is 9.03. The standard InChI is InChI=1S/C24H16FN3O/c25-22-9-10-23(20(12-22)14-26)19-8-4-7-18(11-19)21-13-24(28-27-15-21)29-16-17-5-2-1-3-6-17/h1-13,15H,16H2. The molecule has 4 aromatic rings. The number of hydrogen-bond donors (Lipinski definition) is 0. The number of aromatic nitrogens is 2. The molecule has 3 aromatic carbocycles. The summed E-state index contributed by atoms with van der Waals surface area (Å²) < 4.78 is 19.2. The minimum Gasteiger partial charge on any atom is -0.472 e. The molecule has 0 atom stereocenters. The SMILES string of the molecule is N#Cc1cc(F)ccc1-c1cccc(-c2cnnc(OCc3ccccc3)c2)c1. The van der Waals surface area contributed by atoms with Gasteiger partial charge in [0.25, 0.3) is 0 Å². The van der Waals surface area contributed by atoms with Crippen LogP contribution in [0.25, 0.3) is 22.3 Å². The van der Waals surface area contributed by atoms with Gasteiger partial charge in [-0.25, -0.2) is 4.39 Å². The largest absolute Gasteiger partial charge is 0.472 e. The van der Waals surface area contributed by atoms with Crippen LogP contribution in [-0.2, 0) is 6.61 Å². The molecule has 0 radical (unpaired) electrons. The van der Waals surface area contributed by atoms with Crippen LogP contribution in [0.5, 0.6) is 5.88 Å². The Bertz CT molecular complexity index is 1190. The van der Waals surface area contributed by atoms with Crippen molar-refractivity contribution in [3.05, 3.63) is 102 Å². The third-order valence-corrected chi connectivity index (χ3v) is 4.47. The molecule has 1 heterocycles. The van der Waals surface area contributed by atoms with Crippen molar-refractivity contribution >= 4 is 0 Å². The van der Waals surface area contributed by atoms with Gasteiger partial charge in [-0.15, -0.1) is 5.10 Å². The summed E-state index contributed by atoms with van der Waals surface area (Å²) in [4.78, 5) is 0. The lowest BCUT2D eigenvalue weighted by Crippen LogP contribution is -1.98. The highest BCUT2D eigenvalue weighted by molar-refractivity contribution is 5.76. The van der Waals surface area contributed by atoms with E-state index in [1.165, 1.54) is 12.1 Å². The molecule has 0 unspecified atom stereocenters. The topological polar surface area (TPSA) is 58.8 Å². The number of halogens is 1. The molecule has 29 heavy (non-hydrogen) atoms. The molecule has 0 saturated heterocycles. The van der Waals surface area contributed by atoms with Crippen LogP contribution in [0.15, 0.2) is 85.1 Å². The second-order valence-electron chi connectivity index (χ2n) is 6.44. The first kappa shape index (κ1) is 18.3. The number of ether oxygens (including phenoxy) is 1. The van der Waals surface area contributed by atoms with Crippen LogP contribution >= 0.6 is 0 Å². The zero-order valence-corrected chi connectivity index (χ0v) is 15.4. The van der Waals surface area contributed by atoms with E-state index in [4.69, 9.17) is 4.74 Å². The number of nitrogens with zero attached hydrogens (tertiary/aromatic N) is 3. The highest BCUT2D eigenvalue weighted by atomic mass is 19.1. The Hall–Kier alpha value is -4.04. The lowest BCUT2D eigenvalue weighted by atomic mass is 9.97. The predicted molar refractivity (Wildman–Crippen MR) is 108 cm³/mol. The molecule has 0 aliphatic rings. The maximum atomic E-state index is 13.5. The molecule has 4 rings (SSSR count). The second kappa shape index (κ2) is 8.32. The highest BCUT2D eigenvalue weighted by Gasteiger charge is 2.09. The Labute approximate surface area is 167 Å². The summed E-state index contributed by atoms with van der Waals surface area (Å²) in [5.74, 6) is -0.00347. The van der Waals surface area contributed by atoms with Gasteiger partial charge in [-0.1, -0.05) is 54.6 Å². The van der Waals surface area contributed by atoms with Gasteiger partial charge in [0.1, 0.15) is 12.4 Å². The Morgan fingerprint density at radius 1 is 0.862 bits per heavy atom. The maximum absolute atomic E-state index is 13.5. The van der Waals surface area contributed by atoms with Crippen molar-refractivity contribution in [1.82, 2.24) is 10.2 Å². The van der Waals surface area contributed by atoms with Crippen LogP contribution in [0.2, 0.25) is 0 Å². The fourth-order valence-electron chi connectivity index (χ4n) is 3.03. The number of rotatable bonds is 5. The van der Waals surface area contributed by atoms with Crippen molar-refractivity contribution in [2.45, 2.75) is 6.61 Å². The number of nitriles is 1. The smallest absolute Gasteiger partial charge is 0.234 e. The molecule has 0 fully saturated rings. The summed E-state index contributed by atoms with van der Waals surface area (Å²) >= 11 is 0. The van der Waals surface area contributed by atoms with E-state index in [0.717, 1.165) is 22.3 Å². The van der Waals surface area contributed by atoms with Crippen LogP contribution in [0.4, 0.5) is 4.39 Å². The van der Waals surface area contributed by atoms with Gasteiger partial charge in [-0.3, -0.25) is 0 Å². The first-order valence-corrected chi connectivity index (χ1v) is 9.03. The minimum atomic E-state index is -0.431. The summed E-state index contributed by atoms with van der Waals surface area (Å²) in [7, 11) is 0. The van der Waals surface area contributed by atoms with Crippen LogP contribution in [0.1, 0.15) is 11.1 Å². The van der Waals surface area contributed by atoms with Crippen molar-refractivity contribution in [3.8, 4) is 34.2 Å². The summed E-state index contributed by atoms with van der Waals surface area (Å²) in [6.45, 7) is 0.403. The molecular weight excluding hydrogens is 365 g/mol. The van der Waals surface area contributed by atoms with Gasteiger partial charge in [0.15, 0.2) is 0 Å². The van der Waals surface area contributed by atoms with E-state index in [9.17, 15) is 9.65 Å². The lowest BCUT2D eigenvalue weighted by Gasteiger charge is -2.09. The summed E-state index contributed by atoms with van der Waals surface area (Å²) in [5.41, 5.74) is 4.57. The van der Waals surface area contributed by atoms with Crippen LogP contribution in [-0.4, -0.2) is 10.2 Å². The molecule has 0 saturated carbocycles. The first-order chi connectivity index (χ1) is 14.2. The molecule has 140 valence electrons. The fourth-order valence-corrected chi connectivity index (χ4v) is 3.03. The van der Waals surface area contributed by atoms with Gasteiger partial charge in [-0.05, 0) is 40.5 Å². The number of benzene rings is 3. The third-order valence-electron chi connectivity index (χ3n) is 4.47. The van der Waals surface area contributed by atoms with E-state index in [2.05, 4.69) is 16.3 Å². The normalized spacial score (nSPS) is 10.3. The van der Waals surface area contributed by atoms with Crippen molar-refractivity contribution in [2.24, 2.45) is 0 Å². The fraction of sp³-hybridized carbons (Fsp3) is 0.0417. The summed E-state index contributed by atoms with van der Waals surface area (Å²) in [6, 6.07) is 25.6. The van der Waals surface area contributed by atoms with E-state index in [1.54, 1.807) is 12.3 Å². The molecular formula is C24H16FN3O. The average Bonchev–Trinajstić information content (AvgIpc) is 2.78. The van der Waals surface area contributed by atoms with Gasteiger partial charge in [0, 0.05) is 11.6 Å². The van der Waals surface area contributed by atoms with Crippen molar-refractivity contribution in [2.75, 3.05) is 0 Å². The summed E-state index contributed by atoms with van der Waals surface area (Å²) in [6.07, 6.45) is 1.66. The Morgan fingerprint density at radius 2 is 1.69 bits per heavy atom. The molecule has 5 heteroatoms. The van der Waals surface area contributed by atoms with Crippen molar-refractivity contribution < 1.29 is 9.13 Å². The van der Waals surface area contributed by atoms with Gasteiger partial charge in [0.05, 0.1) is 17.8 Å². The van der Waals surface area contributed by atoms with Crippen molar-refractivity contribution in [1.29, 1.82) is 5.26 Å². The molecule has 0 aliphatic heterocycles. The Kier molecular flexibility index (Phi) is 5.26. The molecule has 0 amide bonds. The highest BCUT2D eigenvalue weighted by Crippen LogP contribution is 2.29.